The number of hydrogen-bond acceptors (Lipinski definition) is 4. The van der Waals surface area contributed by atoms with E-state index < -0.39 is 0 Å². The van der Waals surface area contributed by atoms with Crippen LogP contribution in [0.4, 0.5) is 4.39 Å². The highest BCUT2D eigenvalue weighted by atomic mass is 127. The molecule has 2 rings (SSSR count). The van der Waals surface area contributed by atoms with Gasteiger partial charge in [-0.05, 0) is 62.8 Å². The number of benzene rings is 2. The maximum atomic E-state index is 13.3. The van der Waals surface area contributed by atoms with E-state index in [9.17, 15) is 4.39 Å². The first-order valence-electron chi connectivity index (χ1n) is 10.1. The van der Waals surface area contributed by atoms with Gasteiger partial charge < -0.3 is 25.0 Å². The maximum absolute atomic E-state index is 13.3. The lowest BCUT2D eigenvalue weighted by Gasteiger charge is -2.23. The minimum absolute atomic E-state index is 0. The minimum atomic E-state index is -0.232. The second-order valence-corrected chi connectivity index (χ2v) is 7.12. The fourth-order valence-corrected chi connectivity index (χ4v) is 3.13. The van der Waals surface area contributed by atoms with E-state index in [1.54, 1.807) is 14.2 Å². The molecule has 0 bridgehead atoms. The Bertz CT molecular complexity index is 816. The molecule has 0 spiro atoms. The van der Waals surface area contributed by atoms with Crippen LogP contribution in [-0.4, -0.2) is 58.8 Å². The molecule has 2 N–H and O–H groups in total. The van der Waals surface area contributed by atoms with E-state index >= 15 is 0 Å². The maximum Gasteiger partial charge on any atom is 0.191 e. The summed E-state index contributed by atoms with van der Waals surface area (Å²) in [4.78, 5) is 6.83. The number of ether oxygens (including phenoxy) is 2. The van der Waals surface area contributed by atoms with Crippen LogP contribution in [0.3, 0.4) is 0 Å². The molecule has 0 saturated carbocycles. The Balaban J connectivity index is 0.00000480. The monoisotopic (exact) mass is 544 g/mol. The van der Waals surface area contributed by atoms with Crippen LogP contribution in [0, 0.1) is 5.82 Å². The molecule has 0 amide bonds. The van der Waals surface area contributed by atoms with Gasteiger partial charge in [-0.25, -0.2) is 4.39 Å². The van der Waals surface area contributed by atoms with Gasteiger partial charge in [0.25, 0.3) is 0 Å². The molecular weight excluding hydrogens is 510 g/mol. The Morgan fingerprint density at radius 1 is 1.03 bits per heavy atom. The van der Waals surface area contributed by atoms with E-state index in [-0.39, 0.29) is 35.8 Å². The molecule has 6 nitrogen and oxygen atoms in total. The summed E-state index contributed by atoms with van der Waals surface area (Å²) < 4.78 is 23.9. The number of likely N-dealkylation sites (N-methyl/N-ethyl adjacent to an activating group) is 1. The lowest BCUT2D eigenvalue weighted by molar-refractivity contribution is 0.306. The first kappa shape index (κ1) is 27.0. The van der Waals surface area contributed by atoms with E-state index in [0.29, 0.717) is 6.54 Å². The molecule has 0 radical (unpaired) electrons. The van der Waals surface area contributed by atoms with Crippen LogP contribution in [-0.2, 0) is 6.42 Å². The van der Waals surface area contributed by atoms with Crippen molar-refractivity contribution < 1.29 is 13.9 Å². The quantitative estimate of drug-likeness (QED) is 0.271. The summed E-state index contributed by atoms with van der Waals surface area (Å²) in [6, 6.07) is 12.6. The van der Waals surface area contributed by atoms with Crippen molar-refractivity contribution in [2.45, 2.75) is 19.4 Å². The summed E-state index contributed by atoms with van der Waals surface area (Å²) in [6.07, 6.45) is 0.819. The highest BCUT2D eigenvalue weighted by Gasteiger charge is 2.14. The Morgan fingerprint density at radius 2 is 1.71 bits per heavy atom. The predicted octanol–water partition coefficient (Wildman–Crippen LogP) is 3.86. The van der Waals surface area contributed by atoms with Gasteiger partial charge in [-0.15, -0.1) is 24.0 Å². The standard InChI is InChI=1S/C23H33FN4O2.HI/c1-6-25-23(26-14-13-17-7-12-21(29-4)22(15-17)30-5)27-16-20(28(2)3)18-8-10-19(24)11-9-18;/h7-12,15,20H,6,13-14,16H2,1-5H3,(H2,25,26,27);1H. The second-order valence-electron chi connectivity index (χ2n) is 7.12. The Kier molecular flexibility index (Phi) is 12.2. The van der Waals surface area contributed by atoms with Gasteiger partial charge in [0.1, 0.15) is 5.82 Å². The molecule has 0 aliphatic carbocycles. The first-order valence-corrected chi connectivity index (χ1v) is 10.1. The summed E-state index contributed by atoms with van der Waals surface area (Å²) >= 11 is 0. The molecule has 2 aromatic rings. The molecule has 0 aliphatic rings. The predicted molar refractivity (Wildman–Crippen MR) is 135 cm³/mol. The number of nitrogens with zero attached hydrogens (tertiary/aromatic N) is 2. The highest BCUT2D eigenvalue weighted by Crippen LogP contribution is 2.27. The van der Waals surface area contributed by atoms with Gasteiger partial charge in [-0.1, -0.05) is 18.2 Å². The lowest BCUT2D eigenvalue weighted by Crippen LogP contribution is -2.39. The smallest absolute Gasteiger partial charge is 0.191 e. The molecule has 1 unspecified atom stereocenters. The first-order chi connectivity index (χ1) is 14.5. The lowest BCUT2D eigenvalue weighted by atomic mass is 10.1. The zero-order valence-electron chi connectivity index (χ0n) is 18.9. The number of methoxy groups -OCH3 is 2. The molecule has 172 valence electrons. The van der Waals surface area contributed by atoms with Crippen LogP contribution in [0.25, 0.3) is 0 Å². The van der Waals surface area contributed by atoms with Gasteiger partial charge in [0.2, 0.25) is 0 Å². The molecule has 1 atom stereocenters. The van der Waals surface area contributed by atoms with Crippen LogP contribution < -0.4 is 20.1 Å². The van der Waals surface area contributed by atoms with Crippen molar-refractivity contribution in [3.63, 3.8) is 0 Å². The van der Waals surface area contributed by atoms with Crippen molar-refractivity contribution in [2.24, 2.45) is 4.99 Å². The molecule has 0 aliphatic heterocycles. The van der Waals surface area contributed by atoms with Crippen LogP contribution in [0.2, 0.25) is 0 Å². The molecule has 8 heteroatoms. The number of hydrogen-bond donors (Lipinski definition) is 2. The summed E-state index contributed by atoms with van der Waals surface area (Å²) in [5.41, 5.74) is 2.18. The zero-order chi connectivity index (χ0) is 21.9. The van der Waals surface area contributed by atoms with Crippen molar-refractivity contribution in [3.8, 4) is 11.5 Å². The molecule has 0 aromatic heterocycles. The highest BCUT2D eigenvalue weighted by molar-refractivity contribution is 14.0. The summed E-state index contributed by atoms with van der Waals surface area (Å²) in [6.45, 7) is 4.09. The Labute approximate surface area is 202 Å². The minimum Gasteiger partial charge on any atom is -0.493 e. The molecule has 0 saturated heterocycles. The average Bonchev–Trinajstić information content (AvgIpc) is 2.74. The van der Waals surface area contributed by atoms with Gasteiger partial charge in [0, 0.05) is 13.1 Å². The van der Waals surface area contributed by atoms with Crippen molar-refractivity contribution >= 4 is 29.9 Å². The third-order valence-corrected chi connectivity index (χ3v) is 4.80. The van der Waals surface area contributed by atoms with Gasteiger partial charge in [-0.2, -0.15) is 0 Å². The molecule has 0 heterocycles. The van der Waals surface area contributed by atoms with Crippen LogP contribution in [0.1, 0.15) is 24.1 Å². The van der Waals surface area contributed by atoms with Crippen molar-refractivity contribution in [1.82, 2.24) is 15.5 Å². The Morgan fingerprint density at radius 3 is 2.29 bits per heavy atom. The number of aliphatic imine (C=N–C) groups is 1. The van der Waals surface area contributed by atoms with Gasteiger partial charge in [0.15, 0.2) is 17.5 Å². The summed E-state index contributed by atoms with van der Waals surface area (Å²) in [7, 11) is 7.27. The molecular formula is C23H34FIN4O2. The number of nitrogens with one attached hydrogen (secondary N) is 2. The van der Waals surface area contributed by atoms with E-state index in [2.05, 4.69) is 15.5 Å². The normalized spacial score (nSPS) is 12.2. The molecule has 31 heavy (non-hydrogen) atoms. The largest absolute Gasteiger partial charge is 0.493 e. The summed E-state index contributed by atoms with van der Waals surface area (Å²) in [5, 5.41) is 6.66. The fraction of sp³-hybridized carbons (Fsp3) is 0.435. The SMILES string of the molecule is CCNC(=NCC(c1ccc(F)cc1)N(C)C)NCCc1ccc(OC)c(OC)c1.I. The van der Waals surface area contributed by atoms with Crippen LogP contribution in [0.15, 0.2) is 47.5 Å². The molecule has 2 aromatic carbocycles. The van der Waals surface area contributed by atoms with Gasteiger partial charge in [-0.3, -0.25) is 4.99 Å². The second kappa shape index (κ2) is 14.1. The van der Waals surface area contributed by atoms with Crippen LogP contribution >= 0.6 is 24.0 Å². The van der Waals surface area contributed by atoms with Crippen molar-refractivity contribution in [2.75, 3.05) is 47.9 Å². The fourth-order valence-electron chi connectivity index (χ4n) is 3.13. The van der Waals surface area contributed by atoms with Gasteiger partial charge >= 0.3 is 0 Å². The van der Waals surface area contributed by atoms with Crippen molar-refractivity contribution in [1.29, 1.82) is 0 Å². The number of guanidine groups is 1. The topological polar surface area (TPSA) is 58.1 Å². The van der Waals surface area contributed by atoms with E-state index in [4.69, 9.17) is 14.5 Å². The van der Waals surface area contributed by atoms with E-state index in [1.165, 1.54) is 12.1 Å². The van der Waals surface area contributed by atoms with Crippen molar-refractivity contribution in [3.05, 3.63) is 59.4 Å². The third-order valence-electron chi connectivity index (χ3n) is 4.80. The van der Waals surface area contributed by atoms with E-state index in [0.717, 1.165) is 48.1 Å². The number of halogens is 2. The van der Waals surface area contributed by atoms with Gasteiger partial charge in [0.05, 0.1) is 26.8 Å². The van der Waals surface area contributed by atoms with E-state index in [1.807, 2.05) is 51.4 Å². The number of rotatable bonds is 10. The Hall–Kier alpha value is -2.07. The average molecular weight is 544 g/mol. The molecule has 0 fully saturated rings. The summed E-state index contributed by atoms with van der Waals surface area (Å²) in [5.74, 6) is 1.97. The van der Waals surface area contributed by atoms with Crippen LogP contribution in [0.5, 0.6) is 11.5 Å². The zero-order valence-corrected chi connectivity index (χ0v) is 21.3. The third kappa shape index (κ3) is 8.53.